The molecule has 0 spiro atoms. The molecule has 1 unspecified atom stereocenters. The Kier molecular flexibility index (Phi) is 3.71. The van der Waals surface area contributed by atoms with Crippen molar-refractivity contribution in [3.05, 3.63) is 56.2 Å². The number of hydrogen-bond donors (Lipinski definition) is 1. The second kappa shape index (κ2) is 5.47. The molecule has 0 radical (unpaired) electrons. The number of nitrogens with one attached hydrogen (secondary N) is 1. The molecule has 4 heteroatoms. The number of aryl methyl sites for hydroxylation is 1. The molecule has 1 aromatic heterocycles. The Morgan fingerprint density at radius 3 is 2.89 bits per heavy atom. The predicted molar refractivity (Wildman–Crippen MR) is 81.6 cm³/mol. The van der Waals surface area contributed by atoms with Crippen LogP contribution in [0.3, 0.4) is 0 Å². The van der Waals surface area contributed by atoms with Crippen LogP contribution in [0.1, 0.15) is 39.7 Å². The van der Waals surface area contributed by atoms with Crippen molar-refractivity contribution in [3.63, 3.8) is 0 Å². The van der Waals surface area contributed by atoms with Crippen LogP contribution in [0.5, 0.6) is 0 Å². The summed E-state index contributed by atoms with van der Waals surface area (Å²) in [5.41, 5.74) is 2.64. The van der Waals surface area contributed by atoms with E-state index in [1.807, 2.05) is 18.2 Å². The Labute approximate surface area is 125 Å². The highest BCUT2D eigenvalue weighted by Gasteiger charge is 2.22. The lowest BCUT2D eigenvalue weighted by Gasteiger charge is -2.26. The summed E-state index contributed by atoms with van der Waals surface area (Å²) in [6, 6.07) is 12.3. The molecular weight excluding hydrogens is 322 g/mol. The van der Waals surface area contributed by atoms with E-state index in [4.69, 9.17) is 0 Å². The maximum atomic E-state index is 12.2. The number of carbonyl (C=O) groups is 1. The van der Waals surface area contributed by atoms with Gasteiger partial charge < -0.3 is 5.32 Å². The first-order chi connectivity index (χ1) is 9.24. The van der Waals surface area contributed by atoms with Crippen molar-refractivity contribution >= 4 is 33.2 Å². The quantitative estimate of drug-likeness (QED) is 0.870. The van der Waals surface area contributed by atoms with Crippen molar-refractivity contribution in [2.24, 2.45) is 0 Å². The zero-order valence-corrected chi connectivity index (χ0v) is 12.8. The van der Waals surface area contributed by atoms with E-state index in [-0.39, 0.29) is 11.9 Å². The summed E-state index contributed by atoms with van der Waals surface area (Å²) in [6.07, 6.45) is 3.28. The van der Waals surface area contributed by atoms with E-state index in [1.165, 1.54) is 22.5 Å². The standard InChI is InChI=1S/C15H14BrNOS/c16-14-9-8-13(19-14)15(18)17-12-7-3-5-10-4-1-2-6-11(10)12/h1-2,4,6,8-9,12H,3,5,7H2,(H,17,18). The van der Waals surface area contributed by atoms with Crippen LogP contribution < -0.4 is 5.32 Å². The minimum atomic E-state index is 0.0254. The zero-order valence-electron chi connectivity index (χ0n) is 10.4. The smallest absolute Gasteiger partial charge is 0.261 e. The molecule has 2 nitrogen and oxygen atoms in total. The predicted octanol–water partition coefficient (Wildman–Crippen LogP) is 4.32. The highest BCUT2D eigenvalue weighted by atomic mass is 79.9. The Balaban J connectivity index is 1.79. The molecule has 0 saturated carbocycles. The third kappa shape index (κ3) is 2.74. The van der Waals surface area contributed by atoms with Crippen molar-refractivity contribution in [2.75, 3.05) is 0 Å². The fourth-order valence-corrected chi connectivity index (χ4v) is 3.86. The van der Waals surface area contributed by atoms with Gasteiger partial charge in [-0.2, -0.15) is 0 Å². The number of amides is 1. The van der Waals surface area contributed by atoms with E-state index in [9.17, 15) is 4.79 Å². The molecule has 0 saturated heterocycles. The first kappa shape index (κ1) is 12.9. The van der Waals surface area contributed by atoms with E-state index in [1.54, 1.807) is 0 Å². The number of carbonyl (C=O) groups excluding carboxylic acids is 1. The van der Waals surface area contributed by atoms with Gasteiger partial charge >= 0.3 is 0 Å². The van der Waals surface area contributed by atoms with Gasteiger partial charge in [-0.25, -0.2) is 0 Å². The van der Waals surface area contributed by atoms with Gasteiger partial charge in [0.1, 0.15) is 0 Å². The largest absolute Gasteiger partial charge is 0.345 e. The summed E-state index contributed by atoms with van der Waals surface area (Å²) in [7, 11) is 0. The molecule has 1 amide bonds. The molecule has 3 rings (SSSR count). The van der Waals surface area contributed by atoms with E-state index < -0.39 is 0 Å². The second-order valence-electron chi connectivity index (χ2n) is 4.72. The van der Waals surface area contributed by atoms with Crippen molar-refractivity contribution < 1.29 is 4.79 Å². The Bertz CT molecular complexity index is 608. The number of thiophene rings is 1. The van der Waals surface area contributed by atoms with E-state index in [0.717, 1.165) is 27.9 Å². The van der Waals surface area contributed by atoms with Crippen LogP contribution in [0.2, 0.25) is 0 Å². The number of benzene rings is 1. The number of fused-ring (bicyclic) bond motifs is 1. The van der Waals surface area contributed by atoms with Gasteiger partial charge in [0.2, 0.25) is 0 Å². The zero-order chi connectivity index (χ0) is 13.2. The van der Waals surface area contributed by atoms with Crippen LogP contribution in [-0.2, 0) is 6.42 Å². The van der Waals surface area contributed by atoms with Gasteiger partial charge in [0.05, 0.1) is 14.7 Å². The molecule has 2 aromatic rings. The van der Waals surface area contributed by atoms with Gasteiger partial charge in [-0.1, -0.05) is 24.3 Å². The fraction of sp³-hybridized carbons (Fsp3) is 0.267. The normalized spacial score (nSPS) is 17.8. The lowest BCUT2D eigenvalue weighted by molar-refractivity contribution is 0.0937. The van der Waals surface area contributed by atoms with Crippen molar-refractivity contribution in [3.8, 4) is 0 Å². The molecule has 1 N–H and O–H groups in total. The molecular formula is C15H14BrNOS. The number of rotatable bonds is 2. The van der Waals surface area contributed by atoms with Gasteiger partial charge in [-0.05, 0) is 58.5 Å². The SMILES string of the molecule is O=C(NC1CCCc2ccccc21)c1ccc(Br)s1. The van der Waals surface area contributed by atoms with Gasteiger partial charge in [-0.15, -0.1) is 11.3 Å². The third-order valence-corrected chi connectivity index (χ3v) is 5.09. The number of hydrogen-bond acceptors (Lipinski definition) is 2. The lowest BCUT2D eigenvalue weighted by Crippen LogP contribution is -2.30. The van der Waals surface area contributed by atoms with Gasteiger partial charge in [0, 0.05) is 0 Å². The average molecular weight is 336 g/mol. The summed E-state index contributed by atoms with van der Waals surface area (Å²) < 4.78 is 0.988. The Morgan fingerprint density at radius 2 is 2.11 bits per heavy atom. The van der Waals surface area contributed by atoms with Crippen LogP contribution in [0, 0.1) is 0 Å². The topological polar surface area (TPSA) is 29.1 Å². The highest BCUT2D eigenvalue weighted by molar-refractivity contribution is 9.11. The molecule has 98 valence electrons. The molecule has 1 aromatic carbocycles. The minimum absolute atomic E-state index is 0.0254. The van der Waals surface area contributed by atoms with E-state index in [0.29, 0.717) is 0 Å². The molecule has 1 heterocycles. The second-order valence-corrected chi connectivity index (χ2v) is 7.18. The summed E-state index contributed by atoms with van der Waals surface area (Å²) in [4.78, 5) is 13.0. The molecule has 0 bridgehead atoms. The summed E-state index contributed by atoms with van der Waals surface area (Å²) >= 11 is 4.86. The molecule has 1 aliphatic carbocycles. The maximum absolute atomic E-state index is 12.2. The van der Waals surface area contributed by atoms with Crippen LogP contribution in [-0.4, -0.2) is 5.91 Å². The first-order valence-corrected chi connectivity index (χ1v) is 7.99. The summed E-state index contributed by atoms with van der Waals surface area (Å²) in [5.74, 6) is 0.0254. The molecule has 19 heavy (non-hydrogen) atoms. The van der Waals surface area contributed by atoms with Crippen molar-refractivity contribution in [1.29, 1.82) is 0 Å². The number of halogens is 1. The molecule has 0 fully saturated rings. The third-order valence-electron chi connectivity index (χ3n) is 3.47. The fourth-order valence-electron chi connectivity index (χ4n) is 2.57. The van der Waals surface area contributed by atoms with Crippen LogP contribution >= 0.6 is 27.3 Å². The Morgan fingerprint density at radius 1 is 1.26 bits per heavy atom. The monoisotopic (exact) mass is 335 g/mol. The van der Waals surface area contributed by atoms with Gasteiger partial charge in [-0.3, -0.25) is 4.79 Å². The van der Waals surface area contributed by atoms with Crippen molar-refractivity contribution in [1.82, 2.24) is 5.32 Å². The molecule has 1 atom stereocenters. The minimum Gasteiger partial charge on any atom is -0.345 e. The summed E-state index contributed by atoms with van der Waals surface area (Å²) in [6.45, 7) is 0. The van der Waals surface area contributed by atoms with E-state index >= 15 is 0 Å². The lowest BCUT2D eigenvalue weighted by atomic mass is 9.88. The molecule has 0 aliphatic heterocycles. The summed E-state index contributed by atoms with van der Waals surface area (Å²) in [5, 5.41) is 3.16. The van der Waals surface area contributed by atoms with Gasteiger partial charge in [0.25, 0.3) is 5.91 Å². The first-order valence-electron chi connectivity index (χ1n) is 6.38. The average Bonchev–Trinajstić information content (AvgIpc) is 2.86. The Hall–Kier alpha value is -1.13. The highest BCUT2D eigenvalue weighted by Crippen LogP contribution is 2.30. The van der Waals surface area contributed by atoms with Crippen LogP contribution in [0.15, 0.2) is 40.2 Å². The van der Waals surface area contributed by atoms with Crippen molar-refractivity contribution in [2.45, 2.75) is 25.3 Å². The van der Waals surface area contributed by atoms with Crippen LogP contribution in [0.25, 0.3) is 0 Å². The van der Waals surface area contributed by atoms with E-state index in [2.05, 4.69) is 39.4 Å². The van der Waals surface area contributed by atoms with Crippen LogP contribution in [0.4, 0.5) is 0 Å². The maximum Gasteiger partial charge on any atom is 0.261 e. The molecule has 1 aliphatic rings. The van der Waals surface area contributed by atoms with Gasteiger partial charge in [0.15, 0.2) is 0 Å².